The molecule has 0 aliphatic heterocycles. The molecule has 0 unspecified atom stereocenters. The SMILES string of the molecule is N[C@@](CF)(Cc1cccc(O)c1O)C(=O)O. The minimum absolute atomic E-state index is 0.0857. The van der Waals surface area contributed by atoms with E-state index in [1.165, 1.54) is 18.2 Å². The molecule has 1 aromatic rings. The van der Waals surface area contributed by atoms with Crippen LogP contribution >= 0.6 is 0 Å². The van der Waals surface area contributed by atoms with Crippen LogP contribution < -0.4 is 5.73 Å². The number of rotatable bonds is 4. The van der Waals surface area contributed by atoms with Gasteiger partial charge in [-0.2, -0.15) is 0 Å². The van der Waals surface area contributed by atoms with Crippen LogP contribution in [-0.4, -0.2) is 33.5 Å². The Bertz CT molecular complexity index is 410. The molecule has 0 saturated heterocycles. The summed E-state index contributed by atoms with van der Waals surface area (Å²) in [5, 5.41) is 27.3. The number of hydrogen-bond acceptors (Lipinski definition) is 4. The second kappa shape index (κ2) is 4.36. The zero-order valence-corrected chi connectivity index (χ0v) is 8.35. The molecule has 0 saturated carbocycles. The average Bonchev–Trinajstić information content (AvgIpc) is 2.24. The molecule has 0 aliphatic carbocycles. The monoisotopic (exact) mass is 229 g/mol. The Kier molecular flexibility index (Phi) is 3.34. The van der Waals surface area contributed by atoms with E-state index in [0.717, 1.165) is 0 Å². The number of para-hydroxylation sites is 1. The third kappa shape index (κ3) is 2.22. The first-order valence-electron chi connectivity index (χ1n) is 4.49. The zero-order valence-electron chi connectivity index (χ0n) is 8.35. The summed E-state index contributed by atoms with van der Waals surface area (Å²) in [7, 11) is 0. The molecule has 0 heterocycles. The lowest BCUT2D eigenvalue weighted by Gasteiger charge is -2.21. The number of benzene rings is 1. The lowest BCUT2D eigenvalue weighted by molar-refractivity contribution is -0.143. The molecule has 0 bridgehead atoms. The Morgan fingerprint density at radius 3 is 2.56 bits per heavy atom. The number of carboxylic acid groups (broad SMARTS) is 1. The molecule has 0 aliphatic rings. The molecular weight excluding hydrogens is 217 g/mol. The predicted octanol–water partition coefficient (Wildman–Crippen LogP) is 0.392. The van der Waals surface area contributed by atoms with Gasteiger partial charge in [0.05, 0.1) is 0 Å². The minimum Gasteiger partial charge on any atom is -0.504 e. The first-order chi connectivity index (χ1) is 7.40. The number of phenolic OH excluding ortho intramolecular Hbond substituents is 2. The summed E-state index contributed by atoms with van der Waals surface area (Å²) in [5.41, 5.74) is 3.32. The highest BCUT2D eigenvalue weighted by molar-refractivity contribution is 5.79. The van der Waals surface area contributed by atoms with Crippen LogP contribution in [0.3, 0.4) is 0 Å². The molecule has 88 valence electrons. The van der Waals surface area contributed by atoms with Gasteiger partial charge in [-0.15, -0.1) is 0 Å². The van der Waals surface area contributed by atoms with E-state index in [1.54, 1.807) is 0 Å². The number of alkyl halides is 1. The molecule has 0 spiro atoms. The van der Waals surface area contributed by atoms with Crippen LogP contribution in [0.4, 0.5) is 4.39 Å². The van der Waals surface area contributed by atoms with Crippen molar-refractivity contribution in [3.05, 3.63) is 23.8 Å². The van der Waals surface area contributed by atoms with Crippen molar-refractivity contribution in [3.63, 3.8) is 0 Å². The third-order valence-electron chi connectivity index (χ3n) is 2.27. The number of carbonyl (C=O) groups is 1. The summed E-state index contributed by atoms with van der Waals surface area (Å²) in [5.74, 6) is -2.38. The molecule has 1 rings (SSSR count). The van der Waals surface area contributed by atoms with Gasteiger partial charge in [-0.1, -0.05) is 12.1 Å². The largest absolute Gasteiger partial charge is 0.504 e. The van der Waals surface area contributed by atoms with Crippen molar-refractivity contribution in [2.24, 2.45) is 5.73 Å². The Hall–Kier alpha value is -1.82. The second-order valence-electron chi connectivity index (χ2n) is 3.56. The van der Waals surface area contributed by atoms with Crippen molar-refractivity contribution in [1.29, 1.82) is 0 Å². The van der Waals surface area contributed by atoms with E-state index in [0.29, 0.717) is 0 Å². The van der Waals surface area contributed by atoms with Gasteiger partial charge in [0.15, 0.2) is 11.5 Å². The van der Waals surface area contributed by atoms with E-state index in [-0.39, 0.29) is 5.56 Å². The zero-order chi connectivity index (χ0) is 12.3. The van der Waals surface area contributed by atoms with Gasteiger partial charge in [0, 0.05) is 12.0 Å². The highest BCUT2D eigenvalue weighted by atomic mass is 19.1. The van der Waals surface area contributed by atoms with E-state index in [4.69, 9.17) is 10.8 Å². The van der Waals surface area contributed by atoms with Crippen molar-refractivity contribution in [2.75, 3.05) is 6.67 Å². The summed E-state index contributed by atoms with van der Waals surface area (Å²) >= 11 is 0. The van der Waals surface area contributed by atoms with Crippen LogP contribution in [0.25, 0.3) is 0 Å². The topological polar surface area (TPSA) is 104 Å². The Morgan fingerprint density at radius 1 is 1.44 bits per heavy atom. The second-order valence-corrected chi connectivity index (χ2v) is 3.56. The fraction of sp³-hybridized carbons (Fsp3) is 0.300. The maximum absolute atomic E-state index is 12.6. The smallest absolute Gasteiger partial charge is 0.326 e. The number of nitrogens with two attached hydrogens (primary N) is 1. The summed E-state index contributed by atoms with van der Waals surface area (Å²) in [4.78, 5) is 10.7. The Labute approximate surface area is 90.9 Å². The fourth-order valence-electron chi connectivity index (χ4n) is 1.24. The Balaban J connectivity index is 3.04. The van der Waals surface area contributed by atoms with Gasteiger partial charge in [0.25, 0.3) is 0 Å². The highest BCUT2D eigenvalue weighted by Crippen LogP contribution is 2.30. The predicted molar refractivity (Wildman–Crippen MR) is 54.0 cm³/mol. The first-order valence-corrected chi connectivity index (χ1v) is 4.49. The highest BCUT2D eigenvalue weighted by Gasteiger charge is 2.35. The van der Waals surface area contributed by atoms with E-state index >= 15 is 0 Å². The number of halogens is 1. The van der Waals surface area contributed by atoms with Crippen molar-refractivity contribution in [2.45, 2.75) is 12.0 Å². The molecule has 5 nitrogen and oxygen atoms in total. The normalized spacial score (nSPS) is 14.4. The van der Waals surface area contributed by atoms with Crippen LogP contribution in [0, 0.1) is 0 Å². The van der Waals surface area contributed by atoms with Gasteiger partial charge in [-0.3, -0.25) is 4.79 Å². The average molecular weight is 229 g/mol. The maximum Gasteiger partial charge on any atom is 0.326 e. The summed E-state index contributed by atoms with van der Waals surface area (Å²) in [6.07, 6.45) is -0.404. The van der Waals surface area contributed by atoms with Gasteiger partial charge < -0.3 is 21.1 Å². The molecule has 6 heteroatoms. The minimum atomic E-state index is -2.09. The van der Waals surface area contributed by atoms with Gasteiger partial charge in [0.2, 0.25) is 0 Å². The first kappa shape index (κ1) is 12.3. The van der Waals surface area contributed by atoms with Gasteiger partial charge in [-0.05, 0) is 6.07 Å². The summed E-state index contributed by atoms with van der Waals surface area (Å²) in [6.45, 7) is -1.27. The van der Waals surface area contributed by atoms with Crippen molar-refractivity contribution in [3.8, 4) is 11.5 Å². The van der Waals surface area contributed by atoms with E-state index < -0.39 is 36.1 Å². The fourth-order valence-corrected chi connectivity index (χ4v) is 1.24. The van der Waals surface area contributed by atoms with Crippen LogP contribution in [0.2, 0.25) is 0 Å². The van der Waals surface area contributed by atoms with Crippen LogP contribution in [0.5, 0.6) is 11.5 Å². The number of hydrogen-bond donors (Lipinski definition) is 4. The van der Waals surface area contributed by atoms with Crippen molar-refractivity contribution < 1.29 is 24.5 Å². The molecule has 0 fully saturated rings. The number of aromatic hydroxyl groups is 2. The third-order valence-corrected chi connectivity index (χ3v) is 2.27. The lowest BCUT2D eigenvalue weighted by Crippen LogP contribution is -2.52. The molecule has 0 radical (unpaired) electrons. The number of aliphatic carboxylic acids is 1. The standard InChI is InChI=1S/C10H12FNO4/c11-5-10(12,9(15)16)4-6-2-1-3-7(13)8(6)14/h1-3,13-14H,4-5,12H2,(H,15,16)/t10-/m1/s1. The molecule has 0 amide bonds. The van der Waals surface area contributed by atoms with Gasteiger partial charge in [-0.25, -0.2) is 4.39 Å². The molecule has 0 aromatic heterocycles. The maximum atomic E-state index is 12.6. The lowest BCUT2D eigenvalue weighted by atomic mass is 9.92. The molecular formula is C10H12FNO4. The summed E-state index contributed by atoms with van der Waals surface area (Å²) in [6, 6.07) is 4.01. The quantitative estimate of drug-likeness (QED) is 0.559. The number of phenols is 2. The van der Waals surface area contributed by atoms with E-state index in [1.807, 2.05) is 0 Å². The molecule has 5 N–H and O–H groups in total. The van der Waals surface area contributed by atoms with Gasteiger partial charge in [0.1, 0.15) is 12.2 Å². The van der Waals surface area contributed by atoms with Gasteiger partial charge >= 0.3 is 5.97 Å². The van der Waals surface area contributed by atoms with E-state index in [9.17, 15) is 19.4 Å². The molecule has 1 atom stereocenters. The Morgan fingerprint density at radius 2 is 2.06 bits per heavy atom. The molecule has 1 aromatic carbocycles. The van der Waals surface area contributed by atoms with Crippen molar-refractivity contribution >= 4 is 5.97 Å². The molecule has 16 heavy (non-hydrogen) atoms. The van der Waals surface area contributed by atoms with Crippen LogP contribution in [-0.2, 0) is 11.2 Å². The number of carboxylic acids is 1. The van der Waals surface area contributed by atoms with Crippen molar-refractivity contribution in [1.82, 2.24) is 0 Å². The van der Waals surface area contributed by atoms with Crippen LogP contribution in [0.15, 0.2) is 18.2 Å². The summed E-state index contributed by atoms with van der Waals surface area (Å²) < 4.78 is 12.6. The van der Waals surface area contributed by atoms with E-state index in [2.05, 4.69) is 0 Å². The van der Waals surface area contributed by atoms with Crippen LogP contribution in [0.1, 0.15) is 5.56 Å².